The highest BCUT2D eigenvalue weighted by molar-refractivity contribution is 8.12. The van der Waals surface area contributed by atoms with Crippen LogP contribution in [0, 0.1) is 0 Å². The molecule has 0 saturated carbocycles. The number of nitrogens with one attached hydrogen (secondary N) is 2. The number of carbonyl (C=O) groups excluding carboxylic acids is 1. The minimum absolute atomic E-state index is 0.120. The summed E-state index contributed by atoms with van der Waals surface area (Å²) in [7, 11) is 3.20. The van der Waals surface area contributed by atoms with Gasteiger partial charge in [-0.05, 0) is 0 Å². The maximum absolute atomic E-state index is 11.2. The summed E-state index contributed by atoms with van der Waals surface area (Å²) in [5, 5.41) is 2.01. The maximum atomic E-state index is 11.2. The molecule has 2 N–H and O–H groups in total. The van der Waals surface area contributed by atoms with Gasteiger partial charge >= 0.3 is 27.3 Å². The van der Waals surface area contributed by atoms with E-state index in [-0.39, 0.29) is 18.0 Å². The van der Waals surface area contributed by atoms with Crippen LogP contribution in [0.1, 0.15) is 0 Å². The van der Waals surface area contributed by atoms with Gasteiger partial charge in [0, 0.05) is 10.7 Å². The van der Waals surface area contributed by atoms with Gasteiger partial charge in [0.1, 0.15) is 0 Å². The summed E-state index contributed by atoms with van der Waals surface area (Å²) in [6.07, 6.45) is 0. The number of rotatable bonds is 4. The predicted octanol–water partition coefficient (Wildman–Crippen LogP) is -0.506. The van der Waals surface area contributed by atoms with E-state index in [4.69, 9.17) is 20.2 Å². The van der Waals surface area contributed by atoms with Gasteiger partial charge < -0.3 is 9.47 Å². The van der Waals surface area contributed by atoms with Crippen molar-refractivity contribution >= 4 is 31.9 Å². The van der Waals surface area contributed by atoms with Crippen molar-refractivity contribution < 1.29 is 22.7 Å². The summed E-state index contributed by atoms with van der Waals surface area (Å²) >= 11 is 0. The molecule has 0 aliphatic rings. The number of hydrogen-bond acceptors (Lipinski definition) is 8. The fourth-order valence-electron chi connectivity index (χ4n) is 0.814. The summed E-state index contributed by atoms with van der Waals surface area (Å²) in [5.74, 6) is -0.267. The van der Waals surface area contributed by atoms with E-state index in [1.54, 1.807) is 0 Å². The standard InChI is InChI=1S/C6H8ClN5O5S/c1-16-5-9-3(10-6(11-5)17-2)8-4(13)12-18(7,14)15/h1-2H3,(H2,8,9,10,11,12,13). The molecule has 12 heteroatoms. The second-order valence-corrected chi connectivity index (χ2v) is 4.93. The number of anilines is 1. The molecule has 0 fully saturated rings. The van der Waals surface area contributed by atoms with Crippen LogP contribution in [-0.2, 0) is 9.24 Å². The zero-order valence-electron chi connectivity index (χ0n) is 9.17. The van der Waals surface area contributed by atoms with Gasteiger partial charge in [-0.15, -0.1) is 4.98 Å². The zero-order valence-corrected chi connectivity index (χ0v) is 10.7. The monoisotopic (exact) mass is 297 g/mol. The van der Waals surface area contributed by atoms with E-state index < -0.39 is 15.3 Å². The number of carbonyl (C=O) groups is 1. The van der Waals surface area contributed by atoms with E-state index in [9.17, 15) is 13.2 Å². The third kappa shape index (κ3) is 4.55. The first-order chi connectivity index (χ1) is 8.34. The summed E-state index contributed by atoms with van der Waals surface area (Å²) in [6, 6.07) is -1.38. The lowest BCUT2D eigenvalue weighted by Gasteiger charge is -2.06. The molecule has 1 aromatic heterocycles. The number of urea groups is 1. The number of nitrogens with zero attached hydrogens (tertiary/aromatic N) is 3. The molecule has 0 unspecified atom stereocenters. The van der Waals surface area contributed by atoms with Crippen molar-refractivity contribution in [3.63, 3.8) is 0 Å². The van der Waals surface area contributed by atoms with Gasteiger partial charge in [-0.25, -0.2) is 9.52 Å². The molecule has 1 heterocycles. The largest absolute Gasteiger partial charge is 0.467 e. The molecule has 1 aromatic rings. The fraction of sp³-hybridized carbons (Fsp3) is 0.333. The first-order valence-corrected chi connectivity index (χ1v) is 6.52. The summed E-state index contributed by atoms with van der Waals surface area (Å²) in [4.78, 5) is 22.1. The van der Waals surface area contributed by atoms with Crippen LogP contribution in [0.5, 0.6) is 12.0 Å². The van der Waals surface area contributed by atoms with E-state index in [0.29, 0.717) is 0 Å². The first-order valence-electron chi connectivity index (χ1n) is 4.21. The lowest BCUT2D eigenvalue weighted by Crippen LogP contribution is -2.32. The van der Waals surface area contributed by atoms with Gasteiger partial charge in [0.2, 0.25) is 5.95 Å². The molecule has 18 heavy (non-hydrogen) atoms. The average Bonchev–Trinajstić information content (AvgIpc) is 2.25. The van der Waals surface area contributed by atoms with E-state index >= 15 is 0 Å². The van der Waals surface area contributed by atoms with E-state index in [1.165, 1.54) is 18.9 Å². The number of ether oxygens (including phenoxy) is 2. The molecule has 0 aliphatic carbocycles. The first kappa shape index (κ1) is 14.2. The summed E-state index contributed by atoms with van der Waals surface area (Å²) in [6.45, 7) is 0. The molecule has 2 amide bonds. The fourth-order valence-corrected chi connectivity index (χ4v) is 1.30. The topological polar surface area (TPSA) is 132 Å². The van der Waals surface area contributed by atoms with Gasteiger partial charge in [0.25, 0.3) is 0 Å². The Morgan fingerprint density at radius 3 is 2.06 bits per heavy atom. The van der Waals surface area contributed by atoms with Crippen molar-refractivity contribution in [3.05, 3.63) is 0 Å². The normalized spacial score (nSPS) is 10.6. The molecule has 0 aromatic carbocycles. The van der Waals surface area contributed by atoms with Crippen LogP contribution >= 0.6 is 10.7 Å². The number of aromatic nitrogens is 3. The molecule has 0 saturated heterocycles. The van der Waals surface area contributed by atoms with E-state index in [0.717, 1.165) is 0 Å². The molecular weight excluding hydrogens is 290 g/mol. The molecule has 0 radical (unpaired) electrons. The van der Waals surface area contributed by atoms with E-state index in [2.05, 4.69) is 15.0 Å². The maximum Gasteiger partial charge on any atom is 0.336 e. The molecule has 10 nitrogen and oxygen atoms in total. The van der Waals surface area contributed by atoms with Gasteiger partial charge in [0.15, 0.2) is 0 Å². The van der Waals surface area contributed by atoms with Gasteiger partial charge in [-0.2, -0.15) is 18.4 Å². The smallest absolute Gasteiger partial charge is 0.336 e. The van der Waals surface area contributed by atoms with Gasteiger partial charge in [-0.3, -0.25) is 5.32 Å². The van der Waals surface area contributed by atoms with Crippen molar-refractivity contribution in [2.45, 2.75) is 0 Å². The van der Waals surface area contributed by atoms with Crippen LogP contribution in [0.3, 0.4) is 0 Å². The van der Waals surface area contributed by atoms with Gasteiger partial charge in [-0.1, -0.05) is 0 Å². The Bertz CT molecular complexity index is 527. The molecule has 0 bridgehead atoms. The predicted molar refractivity (Wildman–Crippen MR) is 59.9 cm³/mol. The van der Waals surface area contributed by atoms with Crippen LogP contribution in [0.15, 0.2) is 0 Å². The molecular formula is C6H8ClN5O5S. The highest BCUT2D eigenvalue weighted by Gasteiger charge is 2.14. The van der Waals surface area contributed by atoms with Crippen molar-refractivity contribution in [3.8, 4) is 12.0 Å². The third-order valence-electron chi connectivity index (χ3n) is 1.40. The van der Waals surface area contributed by atoms with Gasteiger partial charge in [0.05, 0.1) is 14.2 Å². The van der Waals surface area contributed by atoms with Crippen molar-refractivity contribution in [1.82, 2.24) is 19.7 Å². The lowest BCUT2D eigenvalue weighted by molar-refractivity contribution is 0.256. The molecule has 0 spiro atoms. The Kier molecular flexibility index (Phi) is 4.44. The van der Waals surface area contributed by atoms with Crippen LogP contribution < -0.4 is 19.5 Å². The molecule has 0 atom stereocenters. The van der Waals surface area contributed by atoms with Crippen LogP contribution in [-0.4, -0.2) is 43.6 Å². The summed E-state index contributed by atoms with van der Waals surface area (Å²) in [5.41, 5.74) is 0. The molecule has 1 rings (SSSR count). The SMILES string of the molecule is COc1nc(NC(=O)NS(=O)(=O)Cl)nc(OC)n1. The van der Waals surface area contributed by atoms with Crippen LogP contribution in [0.4, 0.5) is 10.7 Å². The third-order valence-corrected chi connectivity index (χ3v) is 2.06. The number of amides is 2. The Morgan fingerprint density at radius 1 is 1.17 bits per heavy atom. The second-order valence-electron chi connectivity index (χ2n) is 2.63. The van der Waals surface area contributed by atoms with E-state index in [1.807, 2.05) is 5.32 Å². The second kappa shape index (κ2) is 5.64. The summed E-state index contributed by atoms with van der Waals surface area (Å²) < 4.78 is 32.0. The quantitative estimate of drug-likeness (QED) is 0.710. The highest BCUT2D eigenvalue weighted by Crippen LogP contribution is 2.11. The Balaban J connectivity index is 2.87. The zero-order chi connectivity index (χ0) is 13.8. The Hall–Kier alpha value is -1.88. The van der Waals surface area contributed by atoms with Crippen LogP contribution in [0.2, 0.25) is 0 Å². The van der Waals surface area contributed by atoms with Crippen molar-refractivity contribution in [2.24, 2.45) is 0 Å². The van der Waals surface area contributed by atoms with Crippen LogP contribution in [0.25, 0.3) is 0 Å². The Labute approximate surface area is 106 Å². The minimum atomic E-state index is -4.20. The molecule has 100 valence electrons. The Morgan fingerprint density at radius 2 is 1.67 bits per heavy atom. The lowest BCUT2D eigenvalue weighted by atomic mass is 10.8. The number of halogens is 1. The number of hydrogen-bond donors (Lipinski definition) is 2. The number of methoxy groups -OCH3 is 2. The van der Waals surface area contributed by atoms with Crippen molar-refractivity contribution in [1.29, 1.82) is 0 Å². The highest BCUT2D eigenvalue weighted by atomic mass is 35.7. The average molecular weight is 298 g/mol. The minimum Gasteiger partial charge on any atom is -0.467 e. The molecule has 0 aliphatic heterocycles. The van der Waals surface area contributed by atoms with Crippen molar-refractivity contribution in [2.75, 3.05) is 19.5 Å².